The molecule has 3 rings (SSSR count). The highest BCUT2D eigenvalue weighted by atomic mass is 127. The number of carbonyl (C=O) groups excluding carboxylic acids is 2. The molecule has 6 nitrogen and oxygen atoms in total. The predicted octanol–water partition coefficient (Wildman–Crippen LogP) is 4.80. The lowest BCUT2D eigenvalue weighted by molar-refractivity contribution is -0.145. The van der Waals surface area contributed by atoms with Crippen LogP contribution in [0.5, 0.6) is 5.75 Å². The predicted molar refractivity (Wildman–Crippen MR) is 124 cm³/mol. The van der Waals surface area contributed by atoms with Crippen molar-refractivity contribution in [3.63, 3.8) is 0 Å². The molecule has 0 radical (unpaired) electrons. The molecule has 0 saturated carbocycles. The van der Waals surface area contributed by atoms with E-state index in [9.17, 15) is 9.59 Å². The molecule has 0 saturated heterocycles. The fourth-order valence-electron chi connectivity index (χ4n) is 2.73. The molecule has 0 unspecified atom stereocenters. The molecule has 150 valence electrons. The van der Waals surface area contributed by atoms with Crippen LogP contribution < -0.4 is 9.75 Å². The number of hydrogen-bond acceptors (Lipinski definition) is 5. The van der Waals surface area contributed by atoms with E-state index in [2.05, 4.69) is 43.6 Å². The lowest BCUT2D eigenvalue weighted by Gasteiger charge is -2.12. The number of hydrogen-bond donors (Lipinski definition) is 0. The van der Waals surface area contributed by atoms with Crippen molar-refractivity contribution in [1.29, 1.82) is 0 Å². The number of hydrazone groups is 1. The number of esters is 1. The monoisotopic (exact) mass is 568 g/mol. The van der Waals surface area contributed by atoms with Crippen LogP contribution in [0.25, 0.3) is 6.08 Å². The third-order valence-electron chi connectivity index (χ3n) is 4.03. The number of benzene rings is 2. The van der Waals surface area contributed by atoms with Crippen molar-refractivity contribution in [3.05, 3.63) is 61.6 Å². The summed E-state index contributed by atoms with van der Waals surface area (Å²) in [6.45, 7) is 3.69. The molecular weight excluding hydrogens is 551 g/mol. The highest BCUT2D eigenvalue weighted by molar-refractivity contribution is 14.1. The van der Waals surface area contributed by atoms with Gasteiger partial charge >= 0.3 is 5.97 Å². The van der Waals surface area contributed by atoms with E-state index in [1.165, 1.54) is 5.01 Å². The Labute approximate surface area is 190 Å². The second-order valence-electron chi connectivity index (χ2n) is 6.10. The van der Waals surface area contributed by atoms with Gasteiger partial charge in [-0.1, -0.05) is 18.2 Å². The van der Waals surface area contributed by atoms with Crippen molar-refractivity contribution in [2.75, 3.05) is 18.2 Å². The first-order chi connectivity index (χ1) is 13.9. The van der Waals surface area contributed by atoms with Crippen molar-refractivity contribution >= 4 is 67.9 Å². The molecule has 0 fully saturated rings. The van der Waals surface area contributed by atoms with E-state index in [1.807, 2.05) is 49.4 Å². The maximum absolute atomic E-state index is 12.8. The van der Waals surface area contributed by atoms with Crippen LogP contribution in [0.2, 0.25) is 0 Å². The van der Waals surface area contributed by atoms with Crippen LogP contribution in [-0.2, 0) is 14.3 Å². The van der Waals surface area contributed by atoms with Crippen LogP contribution in [0.4, 0.5) is 5.69 Å². The number of amides is 1. The quantitative estimate of drug-likeness (QED) is 0.285. The van der Waals surface area contributed by atoms with Crippen LogP contribution in [0.15, 0.2) is 57.6 Å². The minimum atomic E-state index is -0.425. The zero-order chi connectivity index (χ0) is 21.0. The van der Waals surface area contributed by atoms with Crippen molar-refractivity contribution < 1.29 is 19.1 Å². The molecule has 1 aliphatic rings. The van der Waals surface area contributed by atoms with E-state index in [-0.39, 0.29) is 12.5 Å². The summed E-state index contributed by atoms with van der Waals surface area (Å²) in [5.74, 6) is -0.0527. The fourth-order valence-corrected chi connectivity index (χ4v) is 4.50. The molecule has 29 heavy (non-hydrogen) atoms. The molecule has 1 amide bonds. The average Bonchev–Trinajstić information content (AvgIpc) is 2.96. The van der Waals surface area contributed by atoms with Gasteiger partial charge < -0.3 is 9.47 Å². The Morgan fingerprint density at radius 1 is 1.28 bits per heavy atom. The standard InChI is InChI=1S/C21H18BrIN2O4/c1-3-28-19(26)12-29-20-17(22)10-14(11-18(20)23)9-16-13(2)24-25(21(16)27)15-7-5-4-6-8-15/h4-11H,3,12H2,1-2H3/b16-9+. The topological polar surface area (TPSA) is 68.2 Å². The van der Waals surface area contributed by atoms with Crippen molar-refractivity contribution in [1.82, 2.24) is 0 Å². The zero-order valence-corrected chi connectivity index (χ0v) is 19.6. The maximum Gasteiger partial charge on any atom is 0.344 e. The summed E-state index contributed by atoms with van der Waals surface area (Å²) in [4.78, 5) is 24.4. The number of nitrogens with zero attached hydrogens (tertiary/aromatic N) is 2. The van der Waals surface area contributed by atoms with Gasteiger partial charge in [-0.3, -0.25) is 4.79 Å². The van der Waals surface area contributed by atoms with Crippen LogP contribution in [-0.4, -0.2) is 30.8 Å². The van der Waals surface area contributed by atoms with Gasteiger partial charge in [0, 0.05) is 0 Å². The highest BCUT2D eigenvalue weighted by Crippen LogP contribution is 2.33. The van der Waals surface area contributed by atoms with Gasteiger partial charge in [0.05, 0.1) is 31.6 Å². The summed E-state index contributed by atoms with van der Waals surface area (Å²) in [7, 11) is 0. The van der Waals surface area contributed by atoms with E-state index < -0.39 is 5.97 Å². The van der Waals surface area contributed by atoms with E-state index >= 15 is 0 Å². The number of carbonyl (C=O) groups is 2. The smallest absolute Gasteiger partial charge is 0.344 e. The largest absolute Gasteiger partial charge is 0.480 e. The van der Waals surface area contributed by atoms with E-state index in [0.717, 1.165) is 14.8 Å². The first-order valence-electron chi connectivity index (χ1n) is 8.85. The molecule has 0 aromatic heterocycles. The number of halogens is 2. The first kappa shape index (κ1) is 21.5. The van der Waals surface area contributed by atoms with Gasteiger partial charge in [-0.25, -0.2) is 4.79 Å². The Hall–Kier alpha value is -2.20. The van der Waals surface area contributed by atoms with E-state index in [0.29, 0.717) is 28.1 Å². The van der Waals surface area contributed by atoms with Gasteiger partial charge in [-0.2, -0.15) is 10.1 Å². The van der Waals surface area contributed by atoms with Gasteiger partial charge in [0.1, 0.15) is 5.75 Å². The van der Waals surface area contributed by atoms with Crippen molar-refractivity contribution in [2.24, 2.45) is 5.10 Å². The summed E-state index contributed by atoms with van der Waals surface area (Å²) in [5.41, 5.74) is 2.71. The van der Waals surface area contributed by atoms with Crippen LogP contribution >= 0.6 is 38.5 Å². The molecule has 0 aliphatic carbocycles. The molecular formula is C21H18BrIN2O4. The lowest BCUT2D eigenvalue weighted by atomic mass is 10.1. The molecule has 0 atom stereocenters. The van der Waals surface area contributed by atoms with Crippen molar-refractivity contribution in [2.45, 2.75) is 13.8 Å². The SMILES string of the molecule is CCOC(=O)COc1c(Br)cc(/C=C2/C(=O)N(c3ccccc3)N=C2C)cc1I. The van der Waals surface area contributed by atoms with Crippen molar-refractivity contribution in [3.8, 4) is 5.75 Å². The van der Waals surface area contributed by atoms with E-state index in [4.69, 9.17) is 9.47 Å². The van der Waals surface area contributed by atoms with Gasteiger partial charge in [0.15, 0.2) is 6.61 Å². The third kappa shape index (κ3) is 5.05. The molecule has 1 heterocycles. The Kier molecular flexibility index (Phi) is 7.07. The van der Waals surface area contributed by atoms with Crippen LogP contribution in [0.3, 0.4) is 0 Å². The minimum absolute atomic E-state index is 0.167. The number of para-hydroxylation sites is 1. The number of anilines is 1. The summed E-state index contributed by atoms with van der Waals surface area (Å²) >= 11 is 5.61. The molecule has 1 aliphatic heterocycles. The molecule has 2 aromatic carbocycles. The second-order valence-corrected chi connectivity index (χ2v) is 8.12. The Balaban J connectivity index is 1.83. The first-order valence-corrected chi connectivity index (χ1v) is 10.7. The van der Waals surface area contributed by atoms with Crippen LogP contribution in [0, 0.1) is 3.57 Å². The van der Waals surface area contributed by atoms with Gasteiger partial charge in [0.25, 0.3) is 5.91 Å². The number of rotatable bonds is 6. The summed E-state index contributed by atoms with van der Waals surface area (Å²) in [6, 6.07) is 13.0. The van der Waals surface area contributed by atoms with E-state index in [1.54, 1.807) is 13.0 Å². The molecule has 0 bridgehead atoms. The summed E-state index contributed by atoms with van der Waals surface area (Å²) in [5, 5.41) is 5.79. The maximum atomic E-state index is 12.8. The Bertz CT molecular complexity index is 982. The average molecular weight is 569 g/mol. The molecule has 0 spiro atoms. The molecule has 2 aromatic rings. The Morgan fingerprint density at radius 2 is 2.00 bits per heavy atom. The molecule has 8 heteroatoms. The fraction of sp³-hybridized carbons (Fsp3) is 0.190. The van der Waals surface area contributed by atoms with Gasteiger partial charge in [-0.05, 0) is 88.3 Å². The van der Waals surface area contributed by atoms with Gasteiger partial charge in [-0.15, -0.1) is 0 Å². The Morgan fingerprint density at radius 3 is 2.66 bits per heavy atom. The summed E-state index contributed by atoms with van der Waals surface area (Å²) in [6.07, 6.45) is 1.80. The highest BCUT2D eigenvalue weighted by Gasteiger charge is 2.28. The number of ether oxygens (including phenoxy) is 2. The second kappa shape index (κ2) is 9.53. The zero-order valence-electron chi connectivity index (χ0n) is 15.8. The normalized spacial score (nSPS) is 14.9. The summed E-state index contributed by atoms with van der Waals surface area (Å²) < 4.78 is 11.9. The lowest BCUT2D eigenvalue weighted by Crippen LogP contribution is -2.21. The third-order valence-corrected chi connectivity index (χ3v) is 5.42. The van der Waals surface area contributed by atoms with Crippen LogP contribution in [0.1, 0.15) is 19.4 Å². The minimum Gasteiger partial charge on any atom is -0.480 e. The van der Waals surface area contributed by atoms with Gasteiger partial charge in [0.2, 0.25) is 0 Å². The molecule has 0 N–H and O–H groups in total.